The van der Waals surface area contributed by atoms with E-state index in [9.17, 15) is 0 Å². The van der Waals surface area contributed by atoms with Crippen LogP contribution in [0.2, 0.25) is 0 Å². The third-order valence-electron chi connectivity index (χ3n) is 2.43. The van der Waals surface area contributed by atoms with Gasteiger partial charge in [0.1, 0.15) is 5.75 Å². The highest BCUT2D eigenvalue weighted by molar-refractivity contribution is 7.98. The molecule has 0 aliphatic rings. The van der Waals surface area contributed by atoms with Crippen LogP contribution in [0.1, 0.15) is 26.2 Å². The first-order chi connectivity index (χ1) is 8.36. The Bertz CT molecular complexity index is 287. The fraction of sp³-hybridized carbons (Fsp3) is 0.571. The van der Waals surface area contributed by atoms with Crippen LogP contribution >= 0.6 is 11.8 Å². The van der Waals surface area contributed by atoms with E-state index >= 15 is 0 Å². The normalized spacial score (nSPS) is 10.2. The molecule has 0 aliphatic heterocycles. The van der Waals surface area contributed by atoms with E-state index in [4.69, 9.17) is 4.74 Å². The Balaban J connectivity index is 2.20. The standard InChI is InChI=1S/C14H23NOS/c1-3-11-16-14-8-6-13(7-9-14)15-10-4-5-12-17-2/h6-9,15H,3-5,10-12H2,1-2H3. The lowest BCUT2D eigenvalue weighted by Gasteiger charge is -2.08. The SMILES string of the molecule is CCCOc1ccc(NCCCCSC)cc1. The van der Waals surface area contributed by atoms with Gasteiger partial charge in [0.25, 0.3) is 0 Å². The maximum absolute atomic E-state index is 5.54. The molecule has 0 atom stereocenters. The topological polar surface area (TPSA) is 21.3 Å². The van der Waals surface area contributed by atoms with Gasteiger partial charge in [-0.25, -0.2) is 0 Å². The summed E-state index contributed by atoms with van der Waals surface area (Å²) < 4.78 is 5.54. The highest BCUT2D eigenvalue weighted by Crippen LogP contribution is 2.15. The van der Waals surface area contributed by atoms with Gasteiger partial charge in [-0.15, -0.1) is 0 Å². The highest BCUT2D eigenvalue weighted by atomic mass is 32.2. The van der Waals surface area contributed by atoms with Gasteiger partial charge < -0.3 is 10.1 Å². The van der Waals surface area contributed by atoms with Crippen LogP contribution in [0.25, 0.3) is 0 Å². The molecule has 1 rings (SSSR count). The first kappa shape index (κ1) is 14.2. The van der Waals surface area contributed by atoms with Crippen LogP contribution < -0.4 is 10.1 Å². The van der Waals surface area contributed by atoms with E-state index in [1.54, 1.807) is 0 Å². The van der Waals surface area contributed by atoms with Gasteiger partial charge in [-0.05, 0) is 55.5 Å². The summed E-state index contributed by atoms with van der Waals surface area (Å²) in [7, 11) is 0. The van der Waals surface area contributed by atoms with E-state index < -0.39 is 0 Å². The molecule has 0 saturated heterocycles. The summed E-state index contributed by atoms with van der Waals surface area (Å²) in [6, 6.07) is 8.22. The lowest BCUT2D eigenvalue weighted by molar-refractivity contribution is 0.317. The van der Waals surface area contributed by atoms with Gasteiger partial charge in [0.05, 0.1) is 6.61 Å². The molecule has 0 saturated carbocycles. The fourth-order valence-electron chi connectivity index (χ4n) is 1.49. The zero-order valence-corrected chi connectivity index (χ0v) is 11.7. The van der Waals surface area contributed by atoms with Crippen LogP contribution in [-0.2, 0) is 0 Å². The summed E-state index contributed by atoms with van der Waals surface area (Å²) in [6.07, 6.45) is 5.72. The fourth-order valence-corrected chi connectivity index (χ4v) is 1.99. The summed E-state index contributed by atoms with van der Waals surface area (Å²) in [5.41, 5.74) is 1.18. The number of unbranched alkanes of at least 4 members (excludes halogenated alkanes) is 1. The molecule has 1 N–H and O–H groups in total. The van der Waals surface area contributed by atoms with Gasteiger partial charge in [0.2, 0.25) is 0 Å². The van der Waals surface area contributed by atoms with Gasteiger partial charge in [-0.2, -0.15) is 11.8 Å². The van der Waals surface area contributed by atoms with Crippen LogP contribution in [-0.4, -0.2) is 25.2 Å². The number of hydrogen-bond donors (Lipinski definition) is 1. The van der Waals surface area contributed by atoms with Crippen LogP contribution in [0.15, 0.2) is 24.3 Å². The van der Waals surface area contributed by atoms with Gasteiger partial charge in [-0.3, -0.25) is 0 Å². The minimum absolute atomic E-state index is 0.793. The number of nitrogens with one attached hydrogen (secondary N) is 1. The average molecular weight is 253 g/mol. The van der Waals surface area contributed by atoms with Crippen molar-refractivity contribution in [2.75, 3.05) is 30.5 Å². The first-order valence-electron chi connectivity index (χ1n) is 6.32. The Hall–Kier alpha value is -0.830. The minimum atomic E-state index is 0.793. The number of benzene rings is 1. The average Bonchev–Trinajstić information content (AvgIpc) is 2.37. The number of anilines is 1. The van der Waals surface area contributed by atoms with E-state index in [0.29, 0.717) is 0 Å². The Morgan fingerprint density at radius 1 is 1.18 bits per heavy atom. The van der Waals surface area contributed by atoms with Crippen LogP contribution in [0.4, 0.5) is 5.69 Å². The number of thioether (sulfide) groups is 1. The van der Waals surface area contributed by atoms with Crippen LogP contribution in [0.3, 0.4) is 0 Å². The molecule has 0 heterocycles. The molecule has 0 radical (unpaired) electrons. The van der Waals surface area contributed by atoms with Gasteiger partial charge in [0.15, 0.2) is 0 Å². The summed E-state index contributed by atoms with van der Waals surface area (Å²) in [6.45, 7) is 3.96. The molecule has 2 nitrogen and oxygen atoms in total. The molecule has 96 valence electrons. The van der Waals surface area contributed by atoms with Gasteiger partial charge in [-0.1, -0.05) is 6.92 Å². The van der Waals surface area contributed by atoms with Crippen LogP contribution in [0, 0.1) is 0 Å². The van der Waals surface area contributed by atoms with E-state index in [2.05, 4.69) is 30.6 Å². The van der Waals surface area contributed by atoms with E-state index in [1.807, 2.05) is 23.9 Å². The predicted octanol–water partition coefficient (Wildman–Crippen LogP) is 4.03. The lowest BCUT2D eigenvalue weighted by atomic mass is 10.3. The Kier molecular flexibility index (Phi) is 7.72. The number of ether oxygens (including phenoxy) is 1. The second-order valence-corrected chi connectivity index (χ2v) is 4.99. The molecule has 3 heteroatoms. The maximum Gasteiger partial charge on any atom is 0.119 e. The van der Waals surface area contributed by atoms with E-state index in [-0.39, 0.29) is 0 Å². The van der Waals surface area contributed by atoms with Crippen molar-refractivity contribution in [2.24, 2.45) is 0 Å². The second-order valence-electron chi connectivity index (χ2n) is 4.00. The highest BCUT2D eigenvalue weighted by Gasteiger charge is 1.94. The lowest BCUT2D eigenvalue weighted by Crippen LogP contribution is -2.02. The van der Waals surface area contributed by atoms with Crippen molar-refractivity contribution in [1.82, 2.24) is 0 Å². The minimum Gasteiger partial charge on any atom is -0.494 e. The predicted molar refractivity (Wildman–Crippen MR) is 78.3 cm³/mol. The Labute approximate surface area is 109 Å². The van der Waals surface area contributed by atoms with Gasteiger partial charge in [0, 0.05) is 12.2 Å². The summed E-state index contributed by atoms with van der Waals surface area (Å²) in [4.78, 5) is 0. The molecule has 1 aromatic rings. The van der Waals surface area contributed by atoms with Crippen LogP contribution in [0.5, 0.6) is 5.75 Å². The third kappa shape index (κ3) is 6.47. The summed E-state index contributed by atoms with van der Waals surface area (Å²) >= 11 is 1.91. The maximum atomic E-state index is 5.54. The summed E-state index contributed by atoms with van der Waals surface area (Å²) in [5.74, 6) is 2.21. The third-order valence-corrected chi connectivity index (χ3v) is 3.13. The molecular formula is C14H23NOS. The van der Waals surface area contributed by atoms with Crippen molar-refractivity contribution in [3.63, 3.8) is 0 Å². The largest absolute Gasteiger partial charge is 0.494 e. The van der Waals surface area contributed by atoms with Crippen molar-refractivity contribution in [1.29, 1.82) is 0 Å². The zero-order chi connectivity index (χ0) is 12.3. The van der Waals surface area contributed by atoms with Crippen molar-refractivity contribution in [2.45, 2.75) is 26.2 Å². The Morgan fingerprint density at radius 3 is 2.59 bits per heavy atom. The Morgan fingerprint density at radius 2 is 1.94 bits per heavy atom. The molecule has 0 aliphatic carbocycles. The first-order valence-corrected chi connectivity index (χ1v) is 7.72. The molecule has 0 unspecified atom stereocenters. The monoisotopic (exact) mass is 253 g/mol. The van der Waals surface area contributed by atoms with Crippen molar-refractivity contribution in [3.8, 4) is 5.75 Å². The molecule has 0 spiro atoms. The molecule has 0 bridgehead atoms. The molecule has 0 aromatic heterocycles. The molecule has 0 fully saturated rings. The summed E-state index contributed by atoms with van der Waals surface area (Å²) in [5, 5.41) is 3.42. The molecule has 17 heavy (non-hydrogen) atoms. The van der Waals surface area contributed by atoms with Crippen molar-refractivity contribution < 1.29 is 4.74 Å². The number of hydrogen-bond acceptors (Lipinski definition) is 3. The zero-order valence-electron chi connectivity index (χ0n) is 10.9. The van der Waals surface area contributed by atoms with Crippen molar-refractivity contribution >= 4 is 17.4 Å². The molecule has 1 aromatic carbocycles. The van der Waals surface area contributed by atoms with Crippen molar-refractivity contribution in [3.05, 3.63) is 24.3 Å². The van der Waals surface area contributed by atoms with E-state index in [0.717, 1.165) is 25.3 Å². The number of rotatable bonds is 9. The second kappa shape index (κ2) is 9.23. The molecular weight excluding hydrogens is 230 g/mol. The quantitative estimate of drug-likeness (QED) is 0.671. The van der Waals surface area contributed by atoms with E-state index in [1.165, 1.54) is 24.3 Å². The smallest absolute Gasteiger partial charge is 0.119 e. The van der Waals surface area contributed by atoms with Gasteiger partial charge >= 0.3 is 0 Å². The molecule has 0 amide bonds.